The Labute approximate surface area is 148 Å². The van der Waals surface area contributed by atoms with Crippen LogP contribution in [0, 0.1) is 6.92 Å². The highest BCUT2D eigenvalue weighted by Gasteiger charge is 2.20. The summed E-state index contributed by atoms with van der Waals surface area (Å²) in [6.07, 6.45) is 1.31. The van der Waals surface area contributed by atoms with Crippen LogP contribution in [0.2, 0.25) is 0 Å². The van der Waals surface area contributed by atoms with Gasteiger partial charge in [0.05, 0.1) is 0 Å². The predicted octanol–water partition coefficient (Wildman–Crippen LogP) is 0.931. The highest BCUT2D eigenvalue weighted by Crippen LogP contribution is 2.11. The lowest BCUT2D eigenvalue weighted by atomic mass is 10.1. The number of aryl methyl sites for hydroxylation is 3. The van der Waals surface area contributed by atoms with E-state index in [0.29, 0.717) is 17.9 Å². The number of fused-ring (bicyclic) bond motifs is 1. The van der Waals surface area contributed by atoms with Gasteiger partial charge in [-0.05, 0) is 25.3 Å². The first-order chi connectivity index (χ1) is 12.5. The molecule has 3 aromatic rings. The molecule has 26 heavy (non-hydrogen) atoms. The lowest BCUT2D eigenvalue weighted by molar-refractivity contribution is -0.135. The van der Waals surface area contributed by atoms with Crippen molar-refractivity contribution in [1.29, 1.82) is 0 Å². The molecule has 0 bridgehead atoms. The number of carboxylic acids is 1. The number of hydrogen-bond acceptors (Lipinski definition) is 4. The fraction of sp³-hybridized carbons (Fsp3) is 0.222. The molecule has 1 aromatic carbocycles. The molecular formula is C18H18N4O4. The van der Waals surface area contributed by atoms with Crippen molar-refractivity contribution in [2.24, 2.45) is 0 Å². The summed E-state index contributed by atoms with van der Waals surface area (Å²) in [6.45, 7) is 1.15. The monoisotopic (exact) mass is 354 g/mol. The van der Waals surface area contributed by atoms with Crippen LogP contribution >= 0.6 is 0 Å². The van der Waals surface area contributed by atoms with Crippen LogP contribution < -0.4 is 10.7 Å². The summed E-state index contributed by atoms with van der Waals surface area (Å²) in [5, 5.41) is 13.9. The zero-order valence-corrected chi connectivity index (χ0v) is 14.2. The number of carbonyl (C=O) groups is 2. The van der Waals surface area contributed by atoms with Gasteiger partial charge in [-0.15, -0.1) is 0 Å². The van der Waals surface area contributed by atoms with Gasteiger partial charge in [0.25, 0.3) is 5.91 Å². The number of amides is 1. The molecule has 3 rings (SSSR count). The number of pyridine rings is 1. The molecule has 3 N–H and O–H groups in total. The Morgan fingerprint density at radius 2 is 1.96 bits per heavy atom. The van der Waals surface area contributed by atoms with Gasteiger partial charge in [-0.3, -0.25) is 19.5 Å². The molecule has 1 amide bonds. The first-order valence-corrected chi connectivity index (χ1v) is 8.11. The number of hydrogen-bond donors (Lipinski definition) is 3. The van der Waals surface area contributed by atoms with Gasteiger partial charge in [0.15, 0.2) is 11.1 Å². The minimum absolute atomic E-state index is 0.168. The molecule has 8 nitrogen and oxygen atoms in total. The van der Waals surface area contributed by atoms with Crippen molar-refractivity contribution in [1.82, 2.24) is 19.9 Å². The second kappa shape index (κ2) is 7.22. The molecule has 0 spiro atoms. The highest BCUT2D eigenvalue weighted by atomic mass is 16.4. The predicted molar refractivity (Wildman–Crippen MR) is 94.4 cm³/mol. The highest BCUT2D eigenvalue weighted by molar-refractivity contribution is 6.00. The lowest BCUT2D eigenvalue weighted by Gasteiger charge is -2.08. The first-order valence-electron chi connectivity index (χ1n) is 8.11. The van der Waals surface area contributed by atoms with Crippen molar-refractivity contribution in [3.63, 3.8) is 0 Å². The van der Waals surface area contributed by atoms with Crippen LogP contribution in [0.5, 0.6) is 0 Å². The van der Waals surface area contributed by atoms with Crippen molar-refractivity contribution in [3.05, 3.63) is 69.3 Å². The summed E-state index contributed by atoms with van der Waals surface area (Å²) < 4.78 is 1.61. The minimum atomic E-state index is -1.19. The van der Waals surface area contributed by atoms with Gasteiger partial charge in [0, 0.05) is 11.8 Å². The number of rotatable bonds is 6. The number of benzene rings is 1. The molecule has 0 unspecified atom stereocenters. The van der Waals surface area contributed by atoms with Crippen LogP contribution in [0.3, 0.4) is 0 Å². The molecule has 0 aliphatic heterocycles. The maximum Gasteiger partial charge on any atom is 0.322 e. The van der Waals surface area contributed by atoms with Gasteiger partial charge in [0.2, 0.25) is 0 Å². The van der Waals surface area contributed by atoms with E-state index >= 15 is 0 Å². The van der Waals surface area contributed by atoms with E-state index in [-0.39, 0.29) is 11.2 Å². The molecule has 2 heterocycles. The molecule has 8 heteroatoms. The number of aliphatic carboxylic acids is 1. The van der Waals surface area contributed by atoms with Crippen LogP contribution in [-0.2, 0) is 17.6 Å². The van der Waals surface area contributed by atoms with Gasteiger partial charge < -0.3 is 10.4 Å². The van der Waals surface area contributed by atoms with Gasteiger partial charge in [-0.25, -0.2) is 9.50 Å². The molecule has 0 atom stereocenters. The Morgan fingerprint density at radius 1 is 1.23 bits per heavy atom. The molecule has 0 saturated heterocycles. The van der Waals surface area contributed by atoms with Gasteiger partial charge in [-0.1, -0.05) is 30.3 Å². The molecular weight excluding hydrogens is 336 g/mol. The zero-order valence-electron chi connectivity index (χ0n) is 14.2. The molecule has 134 valence electrons. The van der Waals surface area contributed by atoms with E-state index in [4.69, 9.17) is 5.11 Å². The van der Waals surface area contributed by atoms with Crippen molar-refractivity contribution in [2.75, 3.05) is 6.54 Å². The summed E-state index contributed by atoms with van der Waals surface area (Å²) >= 11 is 0. The number of nitrogens with zero attached hydrogens (tertiary/aromatic N) is 2. The SMILES string of the molecule is Cc1nc2c(C(=O)NCC(=O)O)c(=O)cc(CCc3ccccc3)n2[nH]1. The number of nitrogens with one attached hydrogen (secondary N) is 2. The summed E-state index contributed by atoms with van der Waals surface area (Å²) in [6, 6.07) is 11.2. The Balaban J connectivity index is 1.97. The van der Waals surface area contributed by atoms with E-state index in [1.165, 1.54) is 6.07 Å². The van der Waals surface area contributed by atoms with Crippen molar-refractivity contribution >= 4 is 17.5 Å². The van der Waals surface area contributed by atoms with E-state index in [9.17, 15) is 14.4 Å². The van der Waals surface area contributed by atoms with E-state index in [1.54, 1.807) is 11.4 Å². The topological polar surface area (TPSA) is 117 Å². The van der Waals surface area contributed by atoms with Gasteiger partial charge >= 0.3 is 5.97 Å². The number of carbonyl (C=O) groups excluding carboxylic acids is 1. The molecule has 2 aromatic heterocycles. The Morgan fingerprint density at radius 3 is 2.65 bits per heavy atom. The minimum Gasteiger partial charge on any atom is -0.480 e. The largest absolute Gasteiger partial charge is 0.480 e. The first kappa shape index (κ1) is 17.4. The third kappa shape index (κ3) is 3.64. The van der Waals surface area contributed by atoms with Crippen LogP contribution in [0.25, 0.3) is 5.65 Å². The van der Waals surface area contributed by atoms with Gasteiger partial charge in [0.1, 0.15) is 17.9 Å². The number of aromatic nitrogens is 3. The Bertz CT molecular complexity index is 1020. The van der Waals surface area contributed by atoms with Crippen LogP contribution in [0.1, 0.15) is 27.4 Å². The number of H-pyrrole nitrogens is 1. The average Bonchev–Trinajstić information content (AvgIpc) is 2.99. The van der Waals surface area contributed by atoms with Crippen LogP contribution in [-0.4, -0.2) is 38.1 Å². The Hall–Kier alpha value is -3.42. The maximum absolute atomic E-state index is 12.5. The lowest BCUT2D eigenvalue weighted by Crippen LogP contribution is -2.33. The van der Waals surface area contributed by atoms with Gasteiger partial charge in [-0.2, -0.15) is 0 Å². The number of aromatic amines is 1. The summed E-state index contributed by atoms with van der Waals surface area (Å²) in [4.78, 5) is 39.6. The molecule has 0 fully saturated rings. The second-order valence-electron chi connectivity index (χ2n) is 5.90. The molecule has 0 aliphatic rings. The quantitative estimate of drug-likeness (QED) is 0.609. The van der Waals surface area contributed by atoms with Crippen molar-refractivity contribution in [2.45, 2.75) is 19.8 Å². The van der Waals surface area contributed by atoms with Crippen LogP contribution in [0.15, 0.2) is 41.2 Å². The third-order valence-corrected chi connectivity index (χ3v) is 3.95. The van der Waals surface area contributed by atoms with Crippen LogP contribution in [0.4, 0.5) is 0 Å². The fourth-order valence-electron chi connectivity index (χ4n) is 2.78. The maximum atomic E-state index is 12.5. The normalized spacial score (nSPS) is 10.8. The van der Waals surface area contributed by atoms with E-state index < -0.39 is 23.9 Å². The summed E-state index contributed by atoms with van der Waals surface area (Å²) in [5.41, 5.74) is 1.37. The van der Waals surface area contributed by atoms with E-state index in [0.717, 1.165) is 12.0 Å². The number of carboxylic acid groups (broad SMARTS) is 1. The van der Waals surface area contributed by atoms with Crippen molar-refractivity contribution in [3.8, 4) is 0 Å². The fourth-order valence-corrected chi connectivity index (χ4v) is 2.78. The summed E-state index contributed by atoms with van der Waals surface area (Å²) in [5.74, 6) is -1.40. The average molecular weight is 354 g/mol. The standard InChI is InChI=1S/C18H18N4O4/c1-11-20-17-16(18(26)19-10-15(24)25)14(23)9-13(22(17)21-11)8-7-12-5-3-2-4-6-12/h2-6,9H,7-8,10H2,1H3,(H,19,26)(H,20,21)(H,24,25). The molecule has 0 aliphatic carbocycles. The molecule has 0 saturated carbocycles. The van der Waals surface area contributed by atoms with E-state index in [2.05, 4.69) is 15.4 Å². The van der Waals surface area contributed by atoms with Crippen molar-refractivity contribution < 1.29 is 14.7 Å². The second-order valence-corrected chi connectivity index (χ2v) is 5.90. The van der Waals surface area contributed by atoms with E-state index in [1.807, 2.05) is 30.3 Å². The Kier molecular flexibility index (Phi) is 4.83. The smallest absolute Gasteiger partial charge is 0.322 e. The third-order valence-electron chi connectivity index (χ3n) is 3.95. The zero-order chi connectivity index (χ0) is 18.7. The molecule has 0 radical (unpaired) electrons. The summed E-state index contributed by atoms with van der Waals surface area (Å²) in [7, 11) is 0.